The summed E-state index contributed by atoms with van der Waals surface area (Å²) in [6, 6.07) is 0.377. The summed E-state index contributed by atoms with van der Waals surface area (Å²) in [6.45, 7) is 8.06. The van der Waals surface area contributed by atoms with Crippen molar-refractivity contribution in [3.63, 3.8) is 0 Å². The number of rotatable bonds is 7. The largest absolute Gasteiger partial charge is 0.315 e. The van der Waals surface area contributed by atoms with Gasteiger partial charge in [-0.2, -0.15) is 5.10 Å². The van der Waals surface area contributed by atoms with E-state index in [1.54, 1.807) is 12.7 Å². The topological polar surface area (TPSA) is 46.0 Å². The Morgan fingerprint density at radius 2 is 2.11 bits per heavy atom. The lowest BCUT2D eigenvalue weighted by atomic mass is 10.1. The van der Waals surface area contributed by atoms with E-state index >= 15 is 0 Å². The highest BCUT2D eigenvalue weighted by molar-refractivity contribution is 4.68. The molecule has 5 heteroatoms. The van der Waals surface area contributed by atoms with Crippen molar-refractivity contribution in [2.75, 3.05) is 32.7 Å². The van der Waals surface area contributed by atoms with Crippen molar-refractivity contribution in [3.8, 4) is 0 Å². The molecule has 1 aromatic rings. The van der Waals surface area contributed by atoms with Gasteiger partial charge in [-0.25, -0.2) is 9.67 Å². The van der Waals surface area contributed by atoms with Crippen molar-refractivity contribution in [2.45, 2.75) is 38.6 Å². The van der Waals surface area contributed by atoms with Gasteiger partial charge in [-0.15, -0.1) is 0 Å². The molecule has 1 N–H and O–H groups in total. The fourth-order valence-electron chi connectivity index (χ4n) is 2.46. The van der Waals surface area contributed by atoms with Crippen molar-refractivity contribution >= 4 is 0 Å². The summed E-state index contributed by atoms with van der Waals surface area (Å²) in [4.78, 5) is 6.56. The number of hydrogen-bond acceptors (Lipinski definition) is 4. The highest BCUT2D eigenvalue weighted by Crippen LogP contribution is 2.08. The summed E-state index contributed by atoms with van der Waals surface area (Å²) < 4.78 is 1.90. The third-order valence-corrected chi connectivity index (χ3v) is 3.60. The number of nitrogens with one attached hydrogen (secondary N) is 1. The third-order valence-electron chi connectivity index (χ3n) is 3.60. The standard InChI is InChI=1S/C13H25N5/c1-13(18-12-15-11-16-18)10-14-6-5-9-17-7-3-2-4-8-17/h11-14H,2-10H2,1H3. The maximum atomic E-state index is 4.15. The summed E-state index contributed by atoms with van der Waals surface area (Å²) in [6.07, 6.45) is 8.80. The molecule has 0 radical (unpaired) electrons. The zero-order chi connectivity index (χ0) is 12.6. The molecule has 1 fully saturated rings. The van der Waals surface area contributed by atoms with E-state index in [0.717, 1.165) is 13.1 Å². The molecule has 1 unspecified atom stereocenters. The summed E-state index contributed by atoms with van der Waals surface area (Å²) in [7, 11) is 0. The molecule has 1 aliphatic rings. The maximum absolute atomic E-state index is 4.15. The second kappa shape index (κ2) is 7.48. The molecule has 0 aromatic carbocycles. The predicted molar refractivity (Wildman–Crippen MR) is 72.5 cm³/mol. The molecule has 0 amide bonds. The lowest BCUT2D eigenvalue weighted by Crippen LogP contribution is -2.33. The van der Waals surface area contributed by atoms with Gasteiger partial charge < -0.3 is 10.2 Å². The van der Waals surface area contributed by atoms with Gasteiger partial charge in [0.2, 0.25) is 0 Å². The van der Waals surface area contributed by atoms with Crippen molar-refractivity contribution in [3.05, 3.63) is 12.7 Å². The average molecular weight is 251 g/mol. The van der Waals surface area contributed by atoms with E-state index in [2.05, 4.69) is 27.2 Å². The smallest absolute Gasteiger partial charge is 0.137 e. The average Bonchev–Trinajstić information content (AvgIpc) is 2.93. The van der Waals surface area contributed by atoms with E-state index in [9.17, 15) is 0 Å². The molecule has 5 nitrogen and oxygen atoms in total. The normalized spacial score (nSPS) is 18.9. The number of likely N-dealkylation sites (tertiary alicyclic amines) is 1. The molecule has 0 saturated carbocycles. The van der Waals surface area contributed by atoms with Gasteiger partial charge in [-0.3, -0.25) is 0 Å². The van der Waals surface area contributed by atoms with Gasteiger partial charge >= 0.3 is 0 Å². The van der Waals surface area contributed by atoms with Crippen LogP contribution in [0, 0.1) is 0 Å². The van der Waals surface area contributed by atoms with Gasteiger partial charge in [-0.05, 0) is 52.4 Å². The maximum Gasteiger partial charge on any atom is 0.137 e. The molecule has 1 aromatic heterocycles. The van der Waals surface area contributed by atoms with Crippen LogP contribution < -0.4 is 5.32 Å². The molecule has 102 valence electrons. The Morgan fingerprint density at radius 1 is 1.28 bits per heavy atom. The van der Waals surface area contributed by atoms with Gasteiger partial charge in [0.15, 0.2) is 0 Å². The van der Waals surface area contributed by atoms with Gasteiger partial charge in [-0.1, -0.05) is 6.42 Å². The van der Waals surface area contributed by atoms with Crippen LogP contribution >= 0.6 is 0 Å². The van der Waals surface area contributed by atoms with Crippen LogP contribution in [0.15, 0.2) is 12.7 Å². The molecular weight excluding hydrogens is 226 g/mol. The van der Waals surface area contributed by atoms with Gasteiger partial charge in [0.1, 0.15) is 12.7 Å². The monoisotopic (exact) mass is 251 g/mol. The molecule has 1 atom stereocenters. The van der Waals surface area contributed by atoms with E-state index in [1.165, 1.54) is 45.3 Å². The summed E-state index contributed by atoms with van der Waals surface area (Å²) in [5.41, 5.74) is 0. The Bertz CT molecular complexity index is 305. The number of hydrogen-bond donors (Lipinski definition) is 1. The minimum absolute atomic E-state index is 0.377. The van der Waals surface area contributed by atoms with Crippen LogP contribution in [0.25, 0.3) is 0 Å². The number of nitrogens with zero attached hydrogens (tertiary/aromatic N) is 4. The minimum Gasteiger partial charge on any atom is -0.315 e. The first-order valence-electron chi connectivity index (χ1n) is 7.13. The molecule has 2 rings (SSSR count). The second-order valence-corrected chi connectivity index (χ2v) is 5.18. The fraction of sp³-hybridized carbons (Fsp3) is 0.846. The van der Waals surface area contributed by atoms with Crippen LogP contribution in [0.5, 0.6) is 0 Å². The first kappa shape index (κ1) is 13.5. The molecule has 0 bridgehead atoms. The third kappa shape index (κ3) is 4.38. The van der Waals surface area contributed by atoms with Crippen molar-refractivity contribution in [1.29, 1.82) is 0 Å². The minimum atomic E-state index is 0.377. The van der Waals surface area contributed by atoms with E-state index < -0.39 is 0 Å². The van der Waals surface area contributed by atoms with Gasteiger partial charge in [0.25, 0.3) is 0 Å². The van der Waals surface area contributed by atoms with E-state index in [4.69, 9.17) is 0 Å². The van der Waals surface area contributed by atoms with Gasteiger partial charge in [0.05, 0.1) is 6.04 Å². The predicted octanol–water partition coefficient (Wildman–Crippen LogP) is 1.30. The van der Waals surface area contributed by atoms with Crippen LogP contribution in [0.4, 0.5) is 0 Å². The molecule has 18 heavy (non-hydrogen) atoms. The van der Waals surface area contributed by atoms with E-state index in [0.29, 0.717) is 6.04 Å². The summed E-state index contributed by atoms with van der Waals surface area (Å²) >= 11 is 0. The zero-order valence-corrected chi connectivity index (χ0v) is 11.4. The first-order chi connectivity index (χ1) is 8.86. The van der Waals surface area contributed by atoms with Crippen molar-refractivity contribution in [1.82, 2.24) is 25.0 Å². The molecule has 0 spiro atoms. The number of piperidine rings is 1. The van der Waals surface area contributed by atoms with Crippen LogP contribution in [0.1, 0.15) is 38.6 Å². The lowest BCUT2D eigenvalue weighted by Gasteiger charge is -2.26. The van der Waals surface area contributed by atoms with Crippen LogP contribution in [0.3, 0.4) is 0 Å². The summed E-state index contributed by atoms with van der Waals surface area (Å²) in [5, 5.41) is 7.64. The van der Waals surface area contributed by atoms with Crippen molar-refractivity contribution in [2.24, 2.45) is 0 Å². The molecule has 0 aliphatic carbocycles. The summed E-state index contributed by atoms with van der Waals surface area (Å²) in [5.74, 6) is 0. The SMILES string of the molecule is CC(CNCCCN1CCCCC1)n1cncn1. The Balaban J connectivity index is 1.50. The molecular formula is C13H25N5. The van der Waals surface area contributed by atoms with Gasteiger partial charge in [0, 0.05) is 6.54 Å². The highest BCUT2D eigenvalue weighted by Gasteiger charge is 2.09. The van der Waals surface area contributed by atoms with E-state index in [1.807, 2.05) is 4.68 Å². The van der Waals surface area contributed by atoms with Crippen LogP contribution in [0.2, 0.25) is 0 Å². The Morgan fingerprint density at radius 3 is 2.83 bits per heavy atom. The van der Waals surface area contributed by atoms with Crippen LogP contribution in [-0.2, 0) is 0 Å². The molecule has 1 aliphatic heterocycles. The first-order valence-corrected chi connectivity index (χ1v) is 7.13. The van der Waals surface area contributed by atoms with E-state index in [-0.39, 0.29) is 0 Å². The highest BCUT2D eigenvalue weighted by atomic mass is 15.3. The Labute approximate surface area is 110 Å². The quantitative estimate of drug-likeness (QED) is 0.742. The Kier molecular flexibility index (Phi) is 5.61. The zero-order valence-electron chi connectivity index (χ0n) is 11.4. The fourth-order valence-corrected chi connectivity index (χ4v) is 2.46. The van der Waals surface area contributed by atoms with Crippen molar-refractivity contribution < 1.29 is 0 Å². The second-order valence-electron chi connectivity index (χ2n) is 5.18. The molecule has 2 heterocycles. The lowest BCUT2D eigenvalue weighted by molar-refractivity contribution is 0.225. The molecule has 1 saturated heterocycles. The number of aromatic nitrogens is 3. The van der Waals surface area contributed by atoms with Crippen LogP contribution in [-0.4, -0.2) is 52.4 Å². The Hall–Kier alpha value is -0.940.